The molecular formula is C16H16N2O3S. The molecule has 6 heteroatoms. The maximum absolute atomic E-state index is 12.5. The van der Waals surface area contributed by atoms with Crippen LogP contribution in [0.15, 0.2) is 40.1 Å². The van der Waals surface area contributed by atoms with E-state index in [0.717, 1.165) is 22.6 Å². The van der Waals surface area contributed by atoms with Crippen LogP contribution >= 0.6 is 0 Å². The molecule has 1 aromatic carbocycles. The van der Waals surface area contributed by atoms with Crippen molar-refractivity contribution in [3.8, 4) is 5.75 Å². The Labute approximate surface area is 130 Å². The average molecular weight is 316 g/mol. The van der Waals surface area contributed by atoms with Crippen molar-refractivity contribution < 1.29 is 13.4 Å². The van der Waals surface area contributed by atoms with E-state index in [2.05, 4.69) is 9.97 Å². The summed E-state index contributed by atoms with van der Waals surface area (Å²) in [6.45, 7) is 3.85. The number of rotatable bonds is 4. The smallest absolute Gasteiger partial charge is 0.288 e. The minimum Gasteiger partial charge on any atom is -0.496 e. The molecule has 0 saturated heterocycles. The van der Waals surface area contributed by atoms with Crippen molar-refractivity contribution in [3.63, 3.8) is 0 Å². The van der Waals surface area contributed by atoms with Crippen molar-refractivity contribution in [2.45, 2.75) is 24.8 Å². The summed E-state index contributed by atoms with van der Waals surface area (Å²) < 4.78 is 23.4. The van der Waals surface area contributed by atoms with Gasteiger partial charge in [0.25, 0.3) is 5.22 Å². The van der Waals surface area contributed by atoms with Gasteiger partial charge in [0.1, 0.15) is 22.1 Å². The Kier molecular flexibility index (Phi) is 3.94. The highest BCUT2D eigenvalue weighted by molar-refractivity contribution is 7.84. The molecular weight excluding hydrogens is 300 g/mol. The highest BCUT2D eigenvalue weighted by Gasteiger charge is 2.17. The van der Waals surface area contributed by atoms with Crippen LogP contribution in [-0.4, -0.2) is 21.3 Å². The summed E-state index contributed by atoms with van der Waals surface area (Å²) in [6.07, 6.45) is 1.73. The monoisotopic (exact) mass is 316 g/mol. The summed E-state index contributed by atoms with van der Waals surface area (Å²) >= 11 is 0. The van der Waals surface area contributed by atoms with Crippen LogP contribution in [0.5, 0.6) is 5.75 Å². The van der Waals surface area contributed by atoms with E-state index in [0.29, 0.717) is 11.1 Å². The number of pyridine rings is 1. The van der Waals surface area contributed by atoms with E-state index in [1.807, 2.05) is 32.0 Å². The summed E-state index contributed by atoms with van der Waals surface area (Å²) in [5.74, 6) is 1.02. The molecule has 0 aliphatic rings. The summed E-state index contributed by atoms with van der Waals surface area (Å²) in [4.78, 5) is 8.64. The van der Waals surface area contributed by atoms with Crippen LogP contribution < -0.4 is 4.74 Å². The van der Waals surface area contributed by atoms with Crippen LogP contribution in [-0.2, 0) is 16.6 Å². The number of hydrogen-bond donors (Lipinski definition) is 0. The molecule has 0 saturated carbocycles. The first-order chi connectivity index (χ1) is 10.6. The number of fused-ring (bicyclic) bond motifs is 1. The van der Waals surface area contributed by atoms with Gasteiger partial charge in [0.15, 0.2) is 5.58 Å². The first-order valence-corrected chi connectivity index (χ1v) is 8.15. The average Bonchev–Trinajstić information content (AvgIpc) is 2.95. The number of ether oxygens (including phenoxy) is 1. The third-order valence-corrected chi connectivity index (χ3v) is 4.59. The summed E-state index contributed by atoms with van der Waals surface area (Å²) in [6, 6.07) is 7.37. The molecule has 0 spiro atoms. The second-order valence-electron chi connectivity index (χ2n) is 4.98. The van der Waals surface area contributed by atoms with Gasteiger partial charge in [-0.2, -0.15) is 0 Å². The van der Waals surface area contributed by atoms with Gasteiger partial charge < -0.3 is 9.15 Å². The molecule has 1 atom stereocenters. The number of hydrogen-bond acceptors (Lipinski definition) is 5. The van der Waals surface area contributed by atoms with E-state index >= 15 is 0 Å². The van der Waals surface area contributed by atoms with Gasteiger partial charge in [0.05, 0.1) is 18.6 Å². The number of aryl methyl sites for hydroxylation is 1. The van der Waals surface area contributed by atoms with Crippen molar-refractivity contribution in [2.24, 2.45) is 0 Å². The number of para-hydroxylation sites is 2. The molecule has 0 aliphatic heterocycles. The van der Waals surface area contributed by atoms with Gasteiger partial charge in [-0.1, -0.05) is 12.1 Å². The van der Waals surface area contributed by atoms with Crippen LogP contribution in [0.1, 0.15) is 16.8 Å². The zero-order valence-electron chi connectivity index (χ0n) is 12.6. The lowest BCUT2D eigenvalue weighted by molar-refractivity contribution is 0.407. The predicted octanol–water partition coefficient (Wildman–Crippen LogP) is 3.16. The standard InChI is InChI=1S/C16H16N2O3S/c1-10-8-17-13(11(2)15(10)20-3)9-22(19)16-18-12-6-4-5-7-14(12)21-16/h4-8H,9H2,1-3H3. The Hall–Kier alpha value is -2.21. The van der Waals surface area contributed by atoms with Gasteiger partial charge in [-0.05, 0) is 26.0 Å². The van der Waals surface area contributed by atoms with Crippen molar-refractivity contribution in [2.75, 3.05) is 7.11 Å². The Morgan fingerprint density at radius 1 is 1.27 bits per heavy atom. The van der Waals surface area contributed by atoms with Crippen molar-refractivity contribution >= 4 is 21.9 Å². The lowest BCUT2D eigenvalue weighted by atomic mass is 10.1. The van der Waals surface area contributed by atoms with E-state index in [9.17, 15) is 4.21 Å². The Morgan fingerprint density at radius 3 is 2.77 bits per heavy atom. The quantitative estimate of drug-likeness (QED) is 0.740. The highest BCUT2D eigenvalue weighted by Crippen LogP contribution is 2.26. The van der Waals surface area contributed by atoms with E-state index in [1.54, 1.807) is 19.4 Å². The first kappa shape index (κ1) is 14.7. The first-order valence-electron chi connectivity index (χ1n) is 6.83. The van der Waals surface area contributed by atoms with Crippen LogP contribution in [0.2, 0.25) is 0 Å². The molecule has 0 radical (unpaired) electrons. The van der Waals surface area contributed by atoms with Gasteiger partial charge in [-0.25, -0.2) is 9.19 Å². The maximum Gasteiger partial charge on any atom is 0.288 e. The highest BCUT2D eigenvalue weighted by atomic mass is 32.2. The van der Waals surface area contributed by atoms with Gasteiger partial charge in [-0.3, -0.25) is 4.98 Å². The zero-order valence-corrected chi connectivity index (χ0v) is 13.4. The van der Waals surface area contributed by atoms with Crippen LogP contribution in [0.3, 0.4) is 0 Å². The SMILES string of the molecule is COc1c(C)cnc(CS(=O)c2nc3ccccc3o2)c1C. The topological polar surface area (TPSA) is 65.2 Å². The predicted molar refractivity (Wildman–Crippen MR) is 84.4 cm³/mol. The number of aromatic nitrogens is 2. The largest absolute Gasteiger partial charge is 0.496 e. The maximum atomic E-state index is 12.5. The molecule has 0 fully saturated rings. The normalized spacial score (nSPS) is 12.5. The molecule has 2 heterocycles. The molecule has 2 aromatic heterocycles. The molecule has 0 aliphatic carbocycles. The molecule has 3 rings (SSSR count). The number of methoxy groups -OCH3 is 1. The number of benzene rings is 1. The van der Waals surface area contributed by atoms with E-state index < -0.39 is 10.8 Å². The van der Waals surface area contributed by atoms with Crippen LogP contribution in [0, 0.1) is 13.8 Å². The lowest BCUT2D eigenvalue weighted by Crippen LogP contribution is -2.04. The molecule has 0 N–H and O–H groups in total. The van der Waals surface area contributed by atoms with Gasteiger partial charge >= 0.3 is 0 Å². The van der Waals surface area contributed by atoms with Crippen molar-refractivity contribution in [1.29, 1.82) is 0 Å². The van der Waals surface area contributed by atoms with Crippen LogP contribution in [0.4, 0.5) is 0 Å². The number of nitrogens with zero attached hydrogens (tertiary/aromatic N) is 2. The molecule has 114 valence electrons. The van der Waals surface area contributed by atoms with Gasteiger partial charge in [-0.15, -0.1) is 0 Å². The van der Waals surface area contributed by atoms with E-state index in [1.165, 1.54) is 0 Å². The Bertz CT molecular complexity index is 825. The van der Waals surface area contributed by atoms with Gasteiger partial charge in [0, 0.05) is 17.3 Å². The number of oxazole rings is 1. The fourth-order valence-corrected chi connectivity index (χ4v) is 3.40. The van der Waals surface area contributed by atoms with Gasteiger partial charge in [0.2, 0.25) is 0 Å². The molecule has 5 nitrogen and oxygen atoms in total. The molecule has 22 heavy (non-hydrogen) atoms. The summed E-state index contributed by atoms with van der Waals surface area (Å²) in [5, 5.41) is 0.224. The van der Waals surface area contributed by atoms with Crippen molar-refractivity contribution in [3.05, 3.63) is 47.3 Å². The molecule has 3 aromatic rings. The Balaban J connectivity index is 1.91. The van der Waals surface area contributed by atoms with Crippen molar-refractivity contribution in [1.82, 2.24) is 9.97 Å². The molecule has 0 amide bonds. The second-order valence-corrected chi connectivity index (χ2v) is 6.31. The van der Waals surface area contributed by atoms with E-state index in [4.69, 9.17) is 9.15 Å². The fourth-order valence-electron chi connectivity index (χ4n) is 2.35. The minimum atomic E-state index is -1.39. The minimum absolute atomic E-state index is 0.224. The zero-order chi connectivity index (χ0) is 15.7. The summed E-state index contributed by atoms with van der Waals surface area (Å²) in [5.41, 5.74) is 3.92. The Morgan fingerprint density at radius 2 is 2.05 bits per heavy atom. The third-order valence-electron chi connectivity index (χ3n) is 3.49. The molecule has 1 unspecified atom stereocenters. The fraction of sp³-hybridized carbons (Fsp3) is 0.250. The second kappa shape index (κ2) is 5.88. The van der Waals surface area contributed by atoms with E-state index in [-0.39, 0.29) is 11.0 Å². The third kappa shape index (κ3) is 2.62. The molecule has 0 bridgehead atoms. The summed E-state index contributed by atoms with van der Waals surface area (Å²) in [7, 11) is 0.232. The van der Waals surface area contributed by atoms with Crippen LogP contribution in [0.25, 0.3) is 11.1 Å². The lowest BCUT2D eigenvalue weighted by Gasteiger charge is -2.11.